The highest BCUT2D eigenvalue weighted by Gasteiger charge is 2.33. The Balaban J connectivity index is 2.05. The van der Waals surface area contributed by atoms with Crippen LogP contribution in [0.3, 0.4) is 0 Å². The molecule has 2 heteroatoms. The second kappa shape index (κ2) is 4.05. The van der Waals surface area contributed by atoms with Crippen LogP contribution in [0.5, 0.6) is 0 Å². The highest BCUT2D eigenvalue weighted by molar-refractivity contribution is 5.80. The molecule has 0 aromatic heterocycles. The van der Waals surface area contributed by atoms with E-state index in [4.69, 9.17) is 0 Å². The predicted molar refractivity (Wildman–Crippen MR) is 60.2 cm³/mol. The molecule has 1 aromatic carbocycles. The van der Waals surface area contributed by atoms with Gasteiger partial charge in [-0.25, -0.2) is 0 Å². The van der Waals surface area contributed by atoms with Crippen LogP contribution in [0.25, 0.3) is 0 Å². The Kier molecular flexibility index (Phi) is 2.76. The number of hydrogen-bond acceptors (Lipinski definition) is 1. The minimum Gasteiger partial charge on any atom is -0.338 e. The molecule has 1 aliphatic rings. The standard InChI is InChI=1S/C13H17NO/c1-10-8-14(13(15)11(10)2)9-12-6-4-3-5-7-12/h3-7,10-11H,8-9H2,1-2H3. The van der Waals surface area contributed by atoms with Crippen molar-refractivity contribution in [3.8, 4) is 0 Å². The minimum atomic E-state index is 0.189. The Bertz CT molecular complexity index is 347. The molecule has 0 N–H and O–H groups in total. The van der Waals surface area contributed by atoms with Gasteiger partial charge in [-0.15, -0.1) is 0 Å². The van der Waals surface area contributed by atoms with Crippen LogP contribution in [0.1, 0.15) is 19.4 Å². The van der Waals surface area contributed by atoms with Gasteiger partial charge in [0.05, 0.1) is 0 Å². The molecule has 0 spiro atoms. The summed E-state index contributed by atoms with van der Waals surface area (Å²) in [5.74, 6) is 0.973. The molecule has 0 bridgehead atoms. The first-order valence-electron chi connectivity index (χ1n) is 5.51. The highest BCUT2D eigenvalue weighted by Crippen LogP contribution is 2.25. The Morgan fingerprint density at radius 3 is 2.47 bits per heavy atom. The number of amides is 1. The van der Waals surface area contributed by atoms with E-state index < -0.39 is 0 Å². The van der Waals surface area contributed by atoms with Crippen LogP contribution < -0.4 is 0 Å². The molecule has 2 unspecified atom stereocenters. The van der Waals surface area contributed by atoms with E-state index in [1.54, 1.807) is 0 Å². The van der Waals surface area contributed by atoms with Crippen LogP contribution >= 0.6 is 0 Å². The van der Waals surface area contributed by atoms with Gasteiger partial charge in [-0.05, 0) is 11.5 Å². The molecule has 2 atom stereocenters. The van der Waals surface area contributed by atoms with Gasteiger partial charge in [0.1, 0.15) is 0 Å². The number of hydrogen-bond donors (Lipinski definition) is 0. The third-order valence-electron chi connectivity index (χ3n) is 3.28. The fraction of sp³-hybridized carbons (Fsp3) is 0.462. The summed E-state index contributed by atoms with van der Waals surface area (Å²) in [5.41, 5.74) is 1.21. The van der Waals surface area contributed by atoms with Crippen LogP contribution in [-0.2, 0) is 11.3 Å². The lowest BCUT2D eigenvalue weighted by Gasteiger charge is -2.16. The molecule has 0 aliphatic carbocycles. The quantitative estimate of drug-likeness (QED) is 0.722. The molecule has 1 aliphatic heterocycles. The zero-order valence-electron chi connectivity index (χ0n) is 9.31. The summed E-state index contributed by atoms with van der Waals surface area (Å²) in [6.45, 7) is 5.83. The summed E-state index contributed by atoms with van der Waals surface area (Å²) < 4.78 is 0. The third kappa shape index (κ3) is 2.04. The normalized spacial score (nSPS) is 26.0. The molecule has 1 fully saturated rings. The van der Waals surface area contributed by atoms with E-state index in [2.05, 4.69) is 19.1 Å². The Hall–Kier alpha value is -1.31. The second-order valence-electron chi connectivity index (χ2n) is 4.47. The zero-order valence-corrected chi connectivity index (χ0v) is 9.31. The number of benzene rings is 1. The Morgan fingerprint density at radius 2 is 1.93 bits per heavy atom. The summed E-state index contributed by atoms with van der Waals surface area (Å²) in [7, 11) is 0. The van der Waals surface area contributed by atoms with Crippen molar-refractivity contribution >= 4 is 5.91 Å². The monoisotopic (exact) mass is 203 g/mol. The van der Waals surface area contributed by atoms with Crippen molar-refractivity contribution in [3.05, 3.63) is 35.9 Å². The molecular weight excluding hydrogens is 186 g/mol. The van der Waals surface area contributed by atoms with Gasteiger partial charge in [0.15, 0.2) is 0 Å². The molecule has 1 heterocycles. The van der Waals surface area contributed by atoms with Crippen molar-refractivity contribution in [2.24, 2.45) is 11.8 Å². The number of carbonyl (C=O) groups is 1. The molecule has 2 nitrogen and oxygen atoms in total. The summed E-state index contributed by atoms with van der Waals surface area (Å²) in [5, 5.41) is 0. The Morgan fingerprint density at radius 1 is 1.27 bits per heavy atom. The lowest BCUT2D eigenvalue weighted by Crippen LogP contribution is -2.26. The molecule has 1 amide bonds. The SMILES string of the molecule is CC1CN(Cc2ccccc2)C(=O)C1C. The maximum Gasteiger partial charge on any atom is 0.226 e. The van der Waals surface area contributed by atoms with Gasteiger partial charge in [0, 0.05) is 19.0 Å². The first-order chi connectivity index (χ1) is 7.18. The molecule has 80 valence electrons. The second-order valence-corrected chi connectivity index (χ2v) is 4.47. The van der Waals surface area contributed by atoms with E-state index >= 15 is 0 Å². The van der Waals surface area contributed by atoms with E-state index in [-0.39, 0.29) is 5.92 Å². The molecule has 0 saturated carbocycles. The van der Waals surface area contributed by atoms with Crippen molar-refractivity contribution in [2.45, 2.75) is 20.4 Å². The van der Waals surface area contributed by atoms with Crippen molar-refractivity contribution < 1.29 is 4.79 Å². The minimum absolute atomic E-state index is 0.189. The van der Waals surface area contributed by atoms with E-state index in [9.17, 15) is 4.79 Å². The molecule has 0 radical (unpaired) electrons. The van der Waals surface area contributed by atoms with Gasteiger partial charge in [-0.1, -0.05) is 44.2 Å². The van der Waals surface area contributed by atoms with Crippen LogP contribution in [0, 0.1) is 11.8 Å². The average molecular weight is 203 g/mol. The Labute approximate surface area is 90.9 Å². The fourth-order valence-electron chi connectivity index (χ4n) is 2.07. The van der Waals surface area contributed by atoms with Crippen LogP contribution in [0.4, 0.5) is 0 Å². The summed E-state index contributed by atoms with van der Waals surface area (Å²) in [6, 6.07) is 10.2. The maximum atomic E-state index is 11.8. The van der Waals surface area contributed by atoms with Crippen LogP contribution in [0.2, 0.25) is 0 Å². The van der Waals surface area contributed by atoms with Crippen molar-refractivity contribution in [1.29, 1.82) is 0 Å². The van der Waals surface area contributed by atoms with Gasteiger partial charge < -0.3 is 4.90 Å². The van der Waals surface area contributed by atoms with Gasteiger partial charge in [0.25, 0.3) is 0 Å². The number of rotatable bonds is 2. The first-order valence-corrected chi connectivity index (χ1v) is 5.51. The van der Waals surface area contributed by atoms with E-state index in [1.165, 1.54) is 5.56 Å². The highest BCUT2D eigenvalue weighted by atomic mass is 16.2. The van der Waals surface area contributed by atoms with Gasteiger partial charge in [-0.2, -0.15) is 0 Å². The lowest BCUT2D eigenvalue weighted by atomic mass is 10.0. The van der Waals surface area contributed by atoms with Gasteiger partial charge >= 0.3 is 0 Å². The largest absolute Gasteiger partial charge is 0.338 e. The van der Waals surface area contributed by atoms with E-state index in [0.717, 1.165) is 13.1 Å². The number of carbonyl (C=O) groups excluding carboxylic acids is 1. The van der Waals surface area contributed by atoms with Crippen LogP contribution in [0.15, 0.2) is 30.3 Å². The van der Waals surface area contributed by atoms with E-state index in [0.29, 0.717) is 11.8 Å². The summed E-state index contributed by atoms with van der Waals surface area (Å²) in [6.07, 6.45) is 0. The molecule has 2 rings (SSSR count). The van der Waals surface area contributed by atoms with Crippen molar-refractivity contribution in [1.82, 2.24) is 4.90 Å². The fourth-order valence-corrected chi connectivity index (χ4v) is 2.07. The number of likely N-dealkylation sites (tertiary alicyclic amines) is 1. The van der Waals surface area contributed by atoms with Crippen LogP contribution in [-0.4, -0.2) is 17.4 Å². The molecular formula is C13H17NO. The molecule has 15 heavy (non-hydrogen) atoms. The van der Waals surface area contributed by atoms with Crippen molar-refractivity contribution in [3.63, 3.8) is 0 Å². The van der Waals surface area contributed by atoms with Gasteiger partial charge in [-0.3, -0.25) is 4.79 Å². The van der Waals surface area contributed by atoms with E-state index in [1.807, 2.05) is 30.0 Å². The molecule has 1 saturated heterocycles. The molecule has 1 aromatic rings. The predicted octanol–water partition coefficient (Wildman–Crippen LogP) is 2.30. The number of nitrogens with zero attached hydrogens (tertiary/aromatic N) is 1. The summed E-state index contributed by atoms with van der Waals surface area (Å²) >= 11 is 0. The average Bonchev–Trinajstić information content (AvgIpc) is 2.48. The third-order valence-corrected chi connectivity index (χ3v) is 3.28. The summed E-state index contributed by atoms with van der Waals surface area (Å²) in [4.78, 5) is 13.8. The maximum absolute atomic E-state index is 11.8. The van der Waals surface area contributed by atoms with Gasteiger partial charge in [0.2, 0.25) is 5.91 Å². The first kappa shape index (κ1) is 10.2. The van der Waals surface area contributed by atoms with Crippen molar-refractivity contribution in [2.75, 3.05) is 6.54 Å². The zero-order chi connectivity index (χ0) is 10.8. The smallest absolute Gasteiger partial charge is 0.226 e. The topological polar surface area (TPSA) is 20.3 Å². The lowest BCUT2D eigenvalue weighted by molar-refractivity contribution is -0.131.